The number of fused-ring (bicyclic) bond motifs is 1. The third-order valence-electron chi connectivity index (χ3n) is 4.25. The van der Waals surface area contributed by atoms with E-state index in [0.717, 1.165) is 42.2 Å². The van der Waals surface area contributed by atoms with E-state index in [4.69, 9.17) is 4.42 Å². The molecular weight excluding hydrogens is 238 g/mol. The molecule has 1 aromatic carbocycles. The summed E-state index contributed by atoms with van der Waals surface area (Å²) in [6.07, 6.45) is 5.75. The molecule has 0 bridgehead atoms. The van der Waals surface area contributed by atoms with E-state index in [2.05, 4.69) is 5.32 Å². The number of rotatable bonds is 3. The van der Waals surface area contributed by atoms with Crippen LogP contribution in [-0.4, -0.2) is 18.9 Å². The Balaban J connectivity index is 1.81. The predicted octanol–water partition coefficient (Wildman–Crippen LogP) is 3.39. The summed E-state index contributed by atoms with van der Waals surface area (Å²) in [5.74, 6) is 0.408. The number of hydrogen-bond donors (Lipinski definition) is 1. The summed E-state index contributed by atoms with van der Waals surface area (Å²) in [5, 5.41) is 4.25. The van der Waals surface area contributed by atoms with Crippen LogP contribution in [0.3, 0.4) is 0 Å². The molecule has 1 N–H and O–H groups in total. The standard InChI is InChI=1S/C16H19NO2/c1-17-12-8-6-11(7-9-12)16(18)14-10-19-15-5-3-2-4-13(14)15/h2-5,10-12,17H,6-9H2,1H3. The first kappa shape index (κ1) is 12.4. The molecule has 2 aromatic rings. The second-order valence-electron chi connectivity index (χ2n) is 5.35. The van der Waals surface area contributed by atoms with E-state index in [9.17, 15) is 4.79 Å². The molecule has 0 unspecified atom stereocenters. The lowest BCUT2D eigenvalue weighted by molar-refractivity contribution is 0.0881. The van der Waals surface area contributed by atoms with Gasteiger partial charge in [0.05, 0.1) is 5.56 Å². The Kier molecular flexibility index (Phi) is 3.38. The SMILES string of the molecule is CNC1CCC(C(=O)c2coc3ccccc23)CC1. The summed E-state index contributed by atoms with van der Waals surface area (Å²) >= 11 is 0. The lowest BCUT2D eigenvalue weighted by Gasteiger charge is -2.27. The van der Waals surface area contributed by atoms with Crippen LogP contribution in [0.25, 0.3) is 11.0 Å². The van der Waals surface area contributed by atoms with E-state index >= 15 is 0 Å². The number of furan rings is 1. The van der Waals surface area contributed by atoms with E-state index < -0.39 is 0 Å². The van der Waals surface area contributed by atoms with E-state index in [1.165, 1.54) is 0 Å². The molecule has 0 amide bonds. The second kappa shape index (κ2) is 5.17. The van der Waals surface area contributed by atoms with Crippen LogP contribution in [0.15, 0.2) is 34.9 Å². The third kappa shape index (κ3) is 2.30. The fraction of sp³-hybridized carbons (Fsp3) is 0.438. The van der Waals surface area contributed by atoms with Crippen molar-refractivity contribution in [1.82, 2.24) is 5.32 Å². The summed E-state index contributed by atoms with van der Waals surface area (Å²) in [6.45, 7) is 0. The number of ketones is 1. The molecule has 19 heavy (non-hydrogen) atoms. The Morgan fingerprint density at radius 2 is 1.95 bits per heavy atom. The number of Topliss-reactive ketones (excluding diaryl/α,β-unsaturated/α-hetero) is 1. The highest BCUT2D eigenvalue weighted by molar-refractivity contribution is 6.08. The zero-order valence-electron chi connectivity index (χ0n) is 11.2. The minimum absolute atomic E-state index is 0.158. The lowest BCUT2D eigenvalue weighted by Crippen LogP contribution is -2.32. The molecule has 0 radical (unpaired) electrons. The van der Waals surface area contributed by atoms with Crippen LogP contribution in [0, 0.1) is 5.92 Å². The highest BCUT2D eigenvalue weighted by Gasteiger charge is 2.28. The first-order valence-corrected chi connectivity index (χ1v) is 6.97. The van der Waals surface area contributed by atoms with Gasteiger partial charge in [0.1, 0.15) is 11.8 Å². The largest absolute Gasteiger partial charge is 0.464 e. The van der Waals surface area contributed by atoms with Crippen LogP contribution in [0.4, 0.5) is 0 Å². The average Bonchev–Trinajstić information content (AvgIpc) is 2.90. The Labute approximate surface area is 113 Å². The van der Waals surface area contributed by atoms with Gasteiger partial charge in [-0.15, -0.1) is 0 Å². The monoisotopic (exact) mass is 257 g/mol. The minimum Gasteiger partial charge on any atom is -0.464 e. The molecule has 1 fully saturated rings. The van der Waals surface area contributed by atoms with Gasteiger partial charge >= 0.3 is 0 Å². The predicted molar refractivity (Wildman–Crippen MR) is 75.4 cm³/mol. The van der Waals surface area contributed by atoms with E-state index in [0.29, 0.717) is 6.04 Å². The van der Waals surface area contributed by atoms with Crippen molar-refractivity contribution in [3.8, 4) is 0 Å². The molecule has 100 valence electrons. The van der Waals surface area contributed by atoms with Gasteiger partial charge in [0.25, 0.3) is 0 Å². The molecule has 0 spiro atoms. The summed E-state index contributed by atoms with van der Waals surface area (Å²) in [6, 6.07) is 8.32. The summed E-state index contributed by atoms with van der Waals surface area (Å²) in [7, 11) is 2.00. The molecule has 1 aliphatic carbocycles. The van der Waals surface area contributed by atoms with Crippen LogP contribution in [-0.2, 0) is 0 Å². The van der Waals surface area contributed by atoms with Crippen molar-refractivity contribution in [3.05, 3.63) is 36.1 Å². The molecule has 3 rings (SSSR count). The number of carbonyl (C=O) groups is 1. The van der Waals surface area contributed by atoms with Crippen molar-refractivity contribution in [1.29, 1.82) is 0 Å². The van der Waals surface area contributed by atoms with Crippen LogP contribution in [0.1, 0.15) is 36.0 Å². The van der Waals surface area contributed by atoms with E-state index in [1.54, 1.807) is 6.26 Å². The number of para-hydroxylation sites is 1. The Bertz CT molecular complexity index is 579. The van der Waals surface area contributed by atoms with E-state index in [-0.39, 0.29) is 11.7 Å². The van der Waals surface area contributed by atoms with Gasteiger partial charge in [-0.25, -0.2) is 0 Å². The molecule has 1 aromatic heterocycles. The second-order valence-corrected chi connectivity index (χ2v) is 5.35. The first-order chi connectivity index (χ1) is 9.29. The highest BCUT2D eigenvalue weighted by atomic mass is 16.3. The maximum Gasteiger partial charge on any atom is 0.169 e. The lowest BCUT2D eigenvalue weighted by atomic mass is 9.81. The molecule has 1 heterocycles. The van der Waals surface area contributed by atoms with Gasteiger partial charge < -0.3 is 9.73 Å². The number of carbonyl (C=O) groups excluding carboxylic acids is 1. The highest BCUT2D eigenvalue weighted by Crippen LogP contribution is 2.30. The maximum absolute atomic E-state index is 12.6. The fourth-order valence-electron chi connectivity index (χ4n) is 3.03. The smallest absolute Gasteiger partial charge is 0.169 e. The van der Waals surface area contributed by atoms with Crippen LogP contribution in [0.5, 0.6) is 0 Å². The molecule has 0 saturated heterocycles. The van der Waals surface area contributed by atoms with Crippen molar-refractivity contribution >= 4 is 16.8 Å². The summed E-state index contributed by atoms with van der Waals surface area (Å²) in [5.41, 5.74) is 1.55. The third-order valence-corrected chi connectivity index (χ3v) is 4.25. The zero-order valence-corrected chi connectivity index (χ0v) is 11.2. The molecular formula is C16H19NO2. The van der Waals surface area contributed by atoms with Gasteiger partial charge in [-0.2, -0.15) is 0 Å². The van der Waals surface area contributed by atoms with Crippen molar-refractivity contribution in [2.45, 2.75) is 31.7 Å². The van der Waals surface area contributed by atoms with Crippen molar-refractivity contribution < 1.29 is 9.21 Å². The van der Waals surface area contributed by atoms with Gasteiger partial charge in [0.15, 0.2) is 5.78 Å². The van der Waals surface area contributed by atoms with Crippen molar-refractivity contribution in [3.63, 3.8) is 0 Å². The molecule has 3 heteroatoms. The zero-order chi connectivity index (χ0) is 13.2. The minimum atomic E-state index is 0.158. The number of benzene rings is 1. The van der Waals surface area contributed by atoms with Gasteiger partial charge in [0, 0.05) is 17.3 Å². The van der Waals surface area contributed by atoms with Gasteiger partial charge in [0.2, 0.25) is 0 Å². The fourth-order valence-corrected chi connectivity index (χ4v) is 3.03. The van der Waals surface area contributed by atoms with Gasteiger partial charge in [-0.1, -0.05) is 18.2 Å². The first-order valence-electron chi connectivity index (χ1n) is 6.97. The molecule has 3 nitrogen and oxygen atoms in total. The normalized spacial score (nSPS) is 23.6. The average molecular weight is 257 g/mol. The quantitative estimate of drug-likeness (QED) is 0.857. The van der Waals surface area contributed by atoms with Crippen LogP contribution < -0.4 is 5.32 Å². The Hall–Kier alpha value is -1.61. The molecule has 1 aliphatic rings. The van der Waals surface area contributed by atoms with Crippen molar-refractivity contribution in [2.24, 2.45) is 5.92 Å². The maximum atomic E-state index is 12.6. The molecule has 0 atom stereocenters. The molecule has 1 saturated carbocycles. The van der Waals surface area contributed by atoms with Crippen molar-refractivity contribution in [2.75, 3.05) is 7.05 Å². The Morgan fingerprint density at radius 3 is 2.68 bits per heavy atom. The number of hydrogen-bond acceptors (Lipinski definition) is 3. The number of nitrogens with one attached hydrogen (secondary N) is 1. The molecule has 0 aliphatic heterocycles. The van der Waals surface area contributed by atoms with E-state index in [1.807, 2.05) is 31.3 Å². The van der Waals surface area contributed by atoms with Gasteiger partial charge in [-0.05, 0) is 38.8 Å². The van der Waals surface area contributed by atoms with Gasteiger partial charge in [-0.3, -0.25) is 4.79 Å². The summed E-state index contributed by atoms with van der Waals surface area (Å²) < 4.78 is 5.47. The topological polar surface area (TPSA) is 42.2 Å². The van der Waals surface area contributed by atoms with Crippen LogP contribution in [0.2, 0.25) is 0 Å². The van der Waals surface area contributed by atoms with Crippen LogP contribution >= 0.6 is 0 Å². The summed E-state index contributed by atoms with van der Waals surface area (Å²) in [4.78, 5) is 12.6. The Morgan fingerprint density at radius 1 is 1.21 bits per heavy atom.